The monoisotopic (exact) mass is 386 g/mol. The molecule has 0 bridgehead atoms. The zero-order chi connectivity index (χ0) is 17.1. The third-order valence-electron chi connectivity index (χ3n) is 3.59. The Kier molecular flexibility index (Phi) is 4.71. The number of rotatable bonds is 4. The standard InChI is InChI=1S/C19H15BrO4/c1-22-15-7-8-16(17(11-15)23-2)18-10-13(19(21)24-18)9-12-3-5-14(20)6-4-12/h3-11H,1-2H3. The van der Waals surface area contributed by atoms with Gasteiger partial charge in [-0.15, -0.1) is 0 Å². The SMILES string of the molecule is COc1ccc(C2=CC(=Cc3ccc(Br)cc3)C(=O)O2)c(OC)c1. The van der Waals surface area contributed by atoms with Gasteiger partial charge in [0.2, 0.25) is 0 Å². The lowest BCUT2D eigenvalue weighted by atomic mass is 10.1. The second-order valence-corrected chi connectivity index (χ2v) is 6.03. The Morgan fingerprint density at radius 1 is 1.04 bits per heavy atom. The second kappa shape index (κ2) is 6.93. The van der Waals surface area contributed by atoms with Crippen LogP contribution in [0.5, 0.6) is 11.5 Å². The first-order valence-corrected chi connectivity index (χ1v) is 8.03. The molecule has 0 saturated heterocycles. The van der Waals surface area contributed by atoms with E-state index in [1.54, 1.807) is 44.6 Å². The van der Waals surface area contributed by atoms with Crippen molar-refractivity contribution in [2.45, 2.75) is 0 Å². The van der Waals surface area contributed by atoms with Crippen LogP contribution in [0.15, 0.2) is 58.6 Å². The first-order chi connectivity index (χ1) is 11.6. The lowest BCUT2D eigenvalue weighted by molar-refractivity contribution is -0.130. The van der Waals surface area contributed by atoms with Crippen molar-refractivity contribution in [1.29, 1.82) is 0 Å². The molecule has 0 spiro atoms. The quantitative estimate of drug-likeness (QED) is 0.575. The second-order valence-electron chi connectivity index (χ2n) is 5.12. The lowest BCUT2D eigenvalue weighted by Crippen LogP contribution is -1.98. The van der Waals surface area contributed by atoms with Gasteiger partial charge in [-0.3, -0.25) is 0 Å². The van der Waals surface area contributed by atoms with E-state index in [1.165, 1.54) is 0 Å². The van der Waals surface area contributed by atoms with Crippen LogP contribution in [0.1, 0.15) is 11.1 Å². The fraction of sp³-hybridized carbons (Fsp3) is 0.105. The smallest absolute Gasteiger partial charge is 0.343 e. The summed E-state index contributed by atoms with van der Waals surface area (Å²) >= 11 is 3.39. The van der Waals surface area contributed by atoms with Crippen molar-refractivity contribution >= 4 is 33.7 Å². The molecule has 4 nitrogen and oxygen atoms in total. The Morgan fingerprint density at radius 2 is 1.79 bits per heavy atom. The van der Waals surface area contributed by atoms with Crippen molar-refractivity contribution in [1.82, 2.24) is 0 Å². The number of ether oxygens (including phenoxy) is 3. The predicted molar refractivity (Wildman–Crippen MR) is 95.7 cm³/mol. The number of benzene rings is 2. The van der Waals surface area contributed by atoms with Crippen molar-refractivity contribution in [2.75, 3.05) is 14.2 Å². The molecule has 0 N–H and O–H groups in total. The molecule has 0 unspecified atom stereocenters. The topological polar surface area (TPSA) is 44.8 Å². The zero-order valence-corrected chi connectivity index (χ0v) is 14.8. The van der Waals surface area contributed by atoms with Gasteiger partial charge in [-0.25, -0.2) is 4.79 Å². The summed E-state index contributed by atoms with van der Waals surface area (Å²) in [5, 5.41) is 0. The molecule has 2 aromatic carbocycles. The van der Waals surface area contributed by atoms with Crippen LogP contribution in [0.4, 0.5) is 0 Å². The summed E-state index contributed by atoms with van der Waals surface area (Å²) in [6, 6.07) is 13.0. The van der Waals surface area contributed by atoms with Gasteiger partial charge in [0.05, 0.1) is 25.4 Å². The number of methoxy groups -OCH3 is 2. The number of cyclic esters (lactones) is 1. The van der Waals surface area contributed by atoms with E-state index < -0.39 is 0 Å². The largest absolute Gasteiger partial charge is 0.497 e. The van der Waals surface area contributed by atoms with Crippen molar-refractivity contribution in [3.8, 4) is 11.5 Å². The first-order valence-electron chi connectivity index (χ1n) is 7.24. The number of carbonyl (C=O) groups is 1. The zero-order valence-electron chi connectivity index (χ0n) is 13.2. The van der Waals surface area contributed by atoms with Crippen LogP contribution in [-0.2, 0) is 9.53 Å². The van der Waals surface area contributed by atoms with Gasteiger partial charge in [0, 0.05) is 10.5 Å². The molecule has 0 amide bonds. The van der Waals surface area contributed by atoms with Gasteiger partial charge in [0.1, 0.15) is 17.3 Å². The van der Waals surface area contributed by atoms with Crippen molar-refractivity contribution in [3.63, 3.8) is 0 Å². The van der Waals surface area contributed by atoms with Crippen molar-refractivity contribution in [3.05, 3.63) is 69.7 Å². The number of carbonyl (C=O) groups excluding carboxylic acids is 1. The molecule has 0 fully saturated rings. The van der Waals surface area contributed by atoms with Crippen LogP contribution < -0.4 is 9.47 Å². The lowest BCUT2D eigenvalue weighted by Gasteiger charge is -2.10. The fourth-order valence-electron chi connectivity index (χ4n) is 2.36. The molecule has 1 aliphatic rings. The molecule has 5 heteroatoms. The third kappa shape index (κ3) is 3.36. The molecule has 24 heavy (non-hydrogen) atoms. The molecule has 0 atom stereocenters. The van der Waals surface area contributed by atoms with E-state index in [4.69, 9.17) is 14.2 Å². The fourth-order valence-corrected chi connectivity index (χ4v) is 2.63. The van der Waals surface area contributed by atoms with Crippen LogP contribution in [0.25, 0.3) is 11.8 Å². The predicted octanol–water partition coefficient (Wildman–Crippen LogP) is 4.45. The Morgan fingerprint density at radius 3 is 2.46 bits per heavy atom. The van der Waals surface area contributed by atoms with E-state index in [0.717, 1.165) is 10.0 Å². The third-order valence-corrected chi connectivity index (χ3v) is 4.12. The first kappa shape index (κ1) is 16.3. The Bertz CT molecular complexity index is 835. The van der Waals surface area contributed by atoms with Crippen LogP contribution in [0.2, 0.25) is 0 Å². The highest BCUT2D eigenvalue weighted by atomic mass is 79.9. The van der Waals surface area contributed by atoms with Gasteiger partial charge < -0.3 is 14.2 Å². The molecule has 1 heterocycles. The van der Waals surface area contributed by atoms with Gasteiger partial charge in [0.15, 0.2) is 0 Å². The van der Waals surface area contributed by atoms with Crippen LogP contribution >= 0.6 is 15.9 Å². The summed E-state index contributed by atoms with van der Waals surface area (Å²) in [6.07, 6.45) is 3.51. The van der Waals surface area contributed by atoms with Gasteiger partial charge in [-0.1, -0.05) is 28.1 Å². The number of hydrogen-bond donors (Lipinski definition) is 0. The van der Waals surface area contributed by atoms with E-state index >= 15 is 0 Å². The molecule has 0 radical (unpaired) electrons. The minimum atomic E-state index is -0.384. The number of esters is 1. The van der Waals surface area contributed by atoms with Crippen molar-refractivity contribution < 1.29 is 19.0 Å². The summed E-state index contributed by atoms with van der Waals surface area (Å²) in [5.74, 6) is 1.33. The maximum atomic E-state index is 12.1. The molecule has 1 aliphatic heterocycles. The normalized spacial score (nSPS) is 15.2. The highest BCUT2D eigenvalue weighted by Gasteiger charge is 2.24. The van der Waals surface area contributed by atoms with Crippen LogP contribution in [-0.4, -0.2) is 20.2 Å². The highest BCUT2D eigenvalue weighted by molar-refractivity contribution is 9.10. The summed E-state index contributed by atoms with van der Waals surface area (Å²) in [6.45, 7) is 0. The van der Waals surface area contributed by atoms with E-state index in [0.29, 0.717) is 28.4 Å². The van der Waals surface area contributed by atoms with E-state index in [1.807, 2.05) is 24.3 Å². The molecule has 0 aromatic heterocycles. The van der Waals surface area contributed by atoms with Crippen LogP contribution in [0, 0.1) is 0 Å². The average molecular weight is 387 g/mol. The minimum absolute atomic E-state index is 0.384. The average Bonchev–Trinajstić information content (AvgIpc) is 2.96. The molecule has 122 valence electrons. The van der Waals surface area contributed by atoms with Gasteiger partial charge in [0.25, 0.3) is 0 Å². The molecule has 3 rings (SSSR count). The van der Waals surface area contributed by atoms with E-state index in [2.05, 4.69) is 15.9 Å². The van der Waals surface area contributed by atoms with E-state index in [-0.39, 0.29) is 5.97 Å². The van der Waals surface area contributed by atoms with Crippen molar-refractivity contribution in [2.24, 2.45) is 0 Å². The van der Waals surface area contributed by atoms with Gasteiger partial charge in [-0.05, 0) is 42.0 Å². The Labute approximate surface area is 148 Å². The molecule has 0 aliphatic carbocycles. The maximum Gasteiger partial charge on any atom is 0.343 e. The summed E-state index contributed by atoms with van der Waals surface area (Å²) < 4.78 is 16.9. The van der Waals surface area contributed by atoms with Crippen LogP contribution in [0.3, 0.4) is 0 Å². The summed E-state index contributed by atoms with van der Waals surface area (Å²) in [4.78, 5) is 12.1. The molecule has 2 aromatic rings. The highest BCUT2D eigenvalue weighted by Crippen LogP contribution is 2.35. The maximum absolute atomic E-state index is 12.1. The molecular formula is C19H15BrO4. The summed E-state index contributed by atoms with van der Waals surface area (Å²) in [7, 11) is 3.15. The Hall–Kier alpha value is -2.53. The van der Waals surface area contributed by atoms with Gasteiger partial charge >= 0.3 is 5.97 Å². The molecular weight excluding hydrogens is 372 g/mol. The summed E-state index contributed by atoms with van der Waals surface area (Å²) in [5.41, 5.74) is 2.11. The number of hydrogen-bond acceptors (Lipinski definition) is 4. The van der Waals surface area contributed by atoms with E-state index in [9.17, 15) is 4.79 Å². The Balaban J connectivity index is 1.96. The molecule has 0 saturated carbocycles. The van der Waals surface area contributed by atoms with Gasteiger partial charge in [-0.2, -0.15) is 0 Å². The minimum Gasteiger partial charge on any atom is -0.497 e. The number of halogens is 1.